The normalized spacial score (nSPS) is 10.1. The van der Waals surface area contributed by atoms with Gasteiger partial charge in [-0.15, -0.1) is 0 Å². The van der Waals surface area contributed by atoms with Crippen molar-refractivity contribution in [3.8, 4) is 0 Å². The average Bonchev–Trinajstić information content (AvgIpc) is 2.36. The number of carboxylic acid groups (broad SMARTS) is 2. The molecule has 19 heavy (non-hydrogen) atoms. The van der Waals surface area contributed by atoms with Gasteiger partial charge in [-0.25, -0.2) is 9.59 Å². The molecule has 4 nitrogen and oxygen atoms in total. The van der Waals surface area contributed by atoms with E-state index in [0.717, 1.165) is 0 Å². The predicted molar refractivity (Wildman–Crippen MR) is 77.6 cm³/mol. The van der Waals surface area contributed by atoms with Crippen molar-refractivity contribution in [1.29, 1.82) is 0 Å². The molecule has 0 amide bonds. The van der Waals surface area contributed by atoms with Crippen molar-refractivity contribution >= 4 is 39.9 Å². The fourth-order valence-electron chi connectivity index (χ4n) is 1.53. The number of carbonyl (C=O) groups is 2. The van der Waals surface area contributed by atoms with Crippen LogP contribution in [0.25, 0.3) is 0 Å². The van der Waals surface area contributed by atoms with Gasteiger partial charge in [0.25, 0.3) is 0 Å². The first-order valence-corrected chi connectivity index (χ1v) is 8.59. The number of rotatable bonds is 10. The zero-order valence-corrected chi connectivity index (χ0v) is 14.2. The minimum absolute atomic E-state index is 0.558. The maximum Gasteiger partial charge on any atom is 0.328 e. The minimum atomic E-state index is -1.26. The summed E-state index contributed by atoms with van der Waals surface area (Å²) >= 11 is 1.41. The van der Waals surface area contributed by atoms with Crippen LogP contribution in [0.1, 0.15) is 58.3 Å². The molecule has 0 unspecified atom stereocenters. The molecule has 0 spiro atoms. The largest absolute Gasteiger partial charge is 0.478 e. The third-order valence-corrected chi connectivity index (χ3v) is 3.28. The van der Waals surface area contributed by atoms with Crippen LogP contribution in [0, 0.1) is 0 Å². The molecule has 106 valence electrons. The molecule has 0 aromatic carbocycles. The topological polar surface area (TPSA) is 74.6 Å². The fraction of sp³-hybridized carbons (Fsp3) is 0.714. The second kappa shape index (κ2) is 17.7. The van der Waals surface area contributed by atoms with Crippen molar-refractivity contribution in [2.45, 2.75) is 62.0 Å². The smallest absolute Gasteiger partial charge is 0.328 e. The van der Waals surface area contributed by atoms with E-state index in [1.807, 2.05) is 0 Å². The first-order valence-electron chi connectivity index (χ1n) is 7.18. The second-order valence-electron chi connectivity index (χ2n) is 4.48. The van der Waals surface area contributed by atoms with Gasteiger partial charge in [0.1, 0.15) is 0 Å². The molecule has 0 atom stereocenters. The molecule has 0 aromatic rings. The number of aliphatic carboxylic acids is 2. The van der Waals surface area contributed by atoms with E-state index in [9.17, 15) is 9.59 Å². The van der Waals surface area contributed by atoms with Crippen molar-refractivity contribution < 1.29 is 19.8 Å². The summed E-state index contributed by atoms with van der Waals surface area (Å²) < 4.78 is 1.51. The molecule has 0 saturated heterocycles. The minimum Gasteiger partial charge on any atom is -0.478 e. The van der Waals surface area contributed by atoms with E-state index < -0.39 is 11.9 Å². The third-order valence-electron chi connectivity index (χ3n) is 2.58. The van der Waals surface area contributed by atoms with Crippen LogP contribution in [0.15, 0.2) is 12.2 Å². The summed E-state index contributed by atoms with van der Waals surface area (Å²) in [4.78, 5) is 19.1. The van der Waals surface area contributed by atoms with Crippen molar-refractivity contribution in [2.75, 3.05) is 0 Å². The van der Waals surface area contributed by atoms with Gasteiger partial charge in [-0.3, -0.25) is 0 Å². The van der Waals surface area contributed by atoms with Crippen LogP contribution in [-0.2, 0) is 9.59 Å². The van der Waals surface area contributed by atoms with E-state index in [4.69, 9.17) is 10.2 Å². The zero-order valence-electron chi connectivity index (χ0n) is 12.2. The van der Waals surface area contributed by atoms with Crippen LogP contribution in [0.3, 0.4) is 0 Å². The number of hydrogen-bond acceptors (Lipinski definition) is 2. The molecule has 0 rings (SSSR count). The van der Waals surface area contributed by atoms with Gasteiger partial charge in [0.15, 0.2) is 0 Å². The van der Waals surface area contributed by atoms with Gasteiger partial charge >= 0.3 is 102 Å². The molecule has 0 aliphatic rings. The van der Waals surface area contributed by atoms with Gasteiger partial charge < -0.3 is 10.2 Å². The average molecular weight is 280 g/mol. The summed E-state index contributed by atoms with van der Waals surface area (Å²) in [5, 5.41) is 15.6. The van der Waals surface area contributed by atoms with Crippen molar-refractivity contribution in [3.63, 3.8) is 0 Å². The molecule has 0 bridgehead atoms. The Morgan fingerprint density at radius 1 is 0.842 bits per heavy atom. The fourth-order valence-corrected chi connectivity index (χ4v) is 2.03. The molecular formula is C14H25NaO4. The maximum absolute atomic E-state index is 9.55. The Kier molecular flexibility index (Phi) is 19.5. The molecule has 0 saturated carbocycles. The van der Waals surface area contributed by atoms with E-state index in [0.29, 0.717) is 12.2 Å². The Morgan fingerprint density at radius 3 is 1.53 bits per heavy atom. The zero-order chi connectivity index (χ0) is 14.9. The monoisotopic (exact) mass is 280 g/mol. The predicted octanol–water partition coefficient (Wildman–Crippen LogP) is 3.43. The van der Waals surface area contributed by atoms with Gasteiger partial charge in [0.05, 0.1) is 0 Å². The van der Waals surface area contributed by atoms with E-state index in [2.05, 4.69) is 6.92 Å². The molecule has 0 radical (unpaired) electrons. The first kappa shape index (κ1) is 21.0. The summed E-state index contributed by atoms with van der Waals surface area (Å²) in [5.74, 6) is -2.51. The third kappa shape index (κ3) is 27.0. The summed E-state index contributed by atoms with van der Waals surface area (Å²) in [7, 11) is 0. The van der Waals surface area contributed by atoms with Gasteiger partial charge in [-0.05, 0) is 0 Å². The Morgan fingerprint density at radius 2 is 1.21 bits per heavy atom. The molecule has 0 aliphatic carbocycles. The Hall–Kier alpha value is -0.320. The van der Waals surface area contributed by atoms with E-state index in [1.165, 1.54) is 83.0 Å². The number of hydrogen-bond donors (Lipinski definition) is 2. The Labute approximate surface area is 133 Å². The molecule has 2 N–H and O–H groups in total. The van der Waals surface area contributed by atoms with Crippen molar-refractivity contribution in [3.05, 3.63) is 12.2 Å². The van der Waals surface area contributed by atoms with E-state index in [1.54, 1.807) is 0 Å². The van der Waals surface area contributed by atoms with Gasteiger partial charge in [-0.1, -0.05) is 0 Å². The van der Waals surface area contributed by atoms with Crippen molar-refractivity contribution in [2.24, 2.45) is 0 Å². The van der Waals surface area contributed by atoms with Crippen LogP contribution >= 0.6 is 0 Å². The number of carboxylic acids is 2. The quantitative estimate of drug-likeness (QED) is 0.365. The van der Waals surface area contributed by atoms with E-state index in [-0.39, 0.29) is 0 Å². The molecule has 0 fully saturated rings. The van der Waals surface area contributed by atoms with E-state index >= 15 is 0 Å². The molecular weight excluding hydrogens is 255 g/mol. The maximum atomic E-state index is 9.55. The Bertz CT molecular complexity index is 228. The van der Waals surface area contributed by atoms with Crippen molar-refractivity contribution in [1.82, 2.24) is 0 Å². The van der Waals surface area contributed by atoms with Crippen LogP contribution in [0.4, 0.5) is 0 Å². The Balaban J connectivity index is 0. The van der Waals surface area contributed by atoms with Crippen LogP contribution in [-0.4, -0.2) is 50.1 Å². The molecule has 5 heteroatoms. The summed E-state index contributed by atoms with van der Waals surface area (Å²) in [6.07, 6.45) is 12.9. The van der Waals surface area contributed by atoms with Gasteiger partial charge in [0.2, 0.25) is 0 Å². The molecule has 0 heterocycles. The van der Waals surface area contributed by atoms with Crippen LogP contribution in [0.2, 0.25) is 3.67 Å². The van der Waals surface area contributed by atoms with Gasteiger partial charge in [0, 0.05) is 12.2 Å². The van der Waals surface area contributed by atoms with Crippen LogP contribution < -0.4 is 0 Å². The first-order chi connectivity index (χ1) is 9.04. The summed E-state index contributed by atoms with van der Waals surface area (Å²) in [6, 6.07) is 0. The second-order valence-corrected chi connectivity index (χ2v) is 5.48. The van der Waals surface area contributed by atoms with Gasteiger partial charge in [-0.2, -0.15) is 0 Å². The SMILES string of the molecule is CCCCCCCCC[CH2][Na].O=C(O)/C=C\C(=O)O. The summed E-state index contributed by atoms with van der Waals surface area (Å²) in [5.41, 5.74) is 0. The number of unbranched alkanes of at least 4 members (excludes halogenated alkanes) is 7. The molecule has 0 aliphatic heterocycles. The van der Waals surface area contributed by atoms with Crippen LogP contribution in [0.5, 0.6) is 0 Å². The summed E-state index contributed by atoms with van der Waals surface area (Å²) in [6.45, 7) is 2.28. The standard InChI is InChI=1S/C10H21.C4H4O4.Na/c1-3-5-7-9-10-8-6-4-2;5-3(6)1-2-4(7)8;/h1,3-10H2,2H3;1-2H,(H,5,6)(H,7,8);/b;2-1-;. The molecule has 0 aromatic heterocycles.